The van der Waals surface area contributed by atoms with Crippen LogP contribution in [0.4, 0.5) is 17.1 Å². The van der Waals surface area contributed by atoms with E-state index in [0.717, 1.165) is 50.1 Å². The maximum absolute atomic E-state index is 6.21. The van der Waals surface area contributed by atoms with Crippen LogP contribution >= 0.6 is 0 Å². The van der Waals surface area contributed by atoms with Gasteiger partial charge in [-0.05, 0) is 109 Å². The van der Waals surface area contributed by atoms with E-state index in [0.29, 0.717) is 0 Å². The standard InChI is InChI=1S/C46H29NO/c1-3-9-39-31(7-1)15-16-35-27-37(24-26-41(35)39)47(38-23-19-33-14-13-32-8-2-4-10-40(32)44(33)29-38)36-21-17-30(18-22-36)34-20-25-43-42-11-5-6-12-45(42)48-46(43)28-34/h1-29H. The second-order valence-electron chi connectivity index (χ2n) is 12.6. The zero-order chi connectivity index (χ0) is 31.6. The molecule has 48 heavy (non-hydrogen) atoms. The molecule has 0 atom stereocenters. The topological polar surface area (TPSA) is 16.4 Å². The molecule has 0 radical (unpaired) electrons. The van der Waals surface area contributed by atoms with Crippen molar-refractivity contribution in [2.45, 2.75) is 0 Å². The third kappa shape index (κ3) is 4.27. The number of anilines is 3. The number of hydrogen-bond acceptors (Lipinski definition) is 2. The molecule has 0 spiro atoms. The van der Waals surface area contributed by atoms with Gasteiger partial charge in [0, 0.05) is 27.8 Å². The Bertz CT molecular complexity index is 2840. The highest BCUT2D eigenvalue weighted by Crippen LogP contribution is 2.41. The number of fused-ring (bicyclic) bond motifs is 9. The van der Waals surface area contributed by atoms with Crippen molar-refractivity contribution in [3.63, 3.8) is 0 Å². The third-order valence-electron chi connectivity index (χ3n) is 9.81. The van der Waals surface area contributed by atoms with Gasteiger partial charge in [0.05, 0.1) is 0 Å². The Hall–Kier alpha value is -6.38. The van der Waals surface area contributed by atoms with Gasteiger partial charge < -0.3 is 9.32 Å². The minimum atomic E-state index is 0.909. The van der Waals surface area contributed by atoms with E-state index in [1.807, 2.05) is 12.1 Å². The Morgan fingerprint density at radius 2 is 0.792 bits per heavy atom. The van der Waals surface area contributed by atoms with Gasteiger partial charge in [0.1, 0.15) is 11.2 Å². The molecule has 9 aromatic carbocycles. The molecule has 0 amide bonds. The van der Waals surface area contributed by atoms with Gasteiger partial charge in [-0.3, -0.25) is 0 Å². The molecule has 0 bridgehead atoms. The molecular formula is C46H29NO. The first kappa shape index (κ1) is 26.8. The molecule has 0 N–H and O–H groups in total. The number of benzene rings is 9. The molecule has 10 aromatic rings. The van der Waals surface area contributed by atoms with Crippen molar-refractivity contribution in [3.05, 3.63) is 176 Å². The van der Waals surface area contributed by atoms with E-state index < -0.39 is 0 Å². The molecule has 0 unspecified atom stereocenters. The quantitative estimate of drug-likeness (QED) is 0.184. The second-order valence-corrected chi connectivity index (χ2v) is 12.6. The van der Waals surface area contributed by atoms with E-state index in [4.69, 9.17) is 4.42 Å². The Morgan fingerprint density at radius 1 is 0.292 bits per heavy atom. The van der Waals surface area contributed by atoms with E-state index in [9.17, 15) is 0 Å². The number of rotatable bonds is 4. The SMILES string of the molecule is c1ccc2c(c1)ccc1cc(N(c3ccc(-c4ccc5c(c4)oc4ccccc45)cc3)c3ccc4ccc5ccccc5c4c3)ccc12. The summed E-state index contributed by atoms with van der Waals surface area (Å²) in [6.07, 6.45) is 0. The van der Waals surface area contributed by atoms with Crippen LogP contribution in [-0.2, 0) is 0 Å². The van der Waals surface area contributed by atoms with Crippen LogP contribution < -0.4 is 4.90 Å². The molecule has 0 saturated heterocycles. The van der Waals surface area contributed by atoms with E-state index in [2.05, 4.69) is 169 Å². The molecule has 2 nitrogen and oxygen atoms in total. The molecular weight excluding hydrogens is 583 g/mol. The molecule has 0 aliphatic carbocycles. The van der Waals surface area contributed by atoms with Crippen LogP contribution in [0.1, 0.15) is 0 Å². The molecule has 1 heterocycles. The van der Waals surface area contributed by atoms with Crippen LogP contribution in [0.5, 0.6) is 0 Å². The Morgan fingerprint density at radius 3 is 1.58 bits per heavy atom. The summed E-state index contributed by atoms with van der Waals surface area (Å²) in [5, 5.41) is 12.3. The fourth-order valence-electron chi connectivity index (χ4n) is 7.42. The Balaban J connectivity index is 1.13. The molecule has 2 heteroatoms. The number of nitrogens with zero attached hydrogens (tertiary/aromatic N) is 1. The van der Waals surface area contributed by atoms with Gasteiger partial charge in [-0.1, -0.05) is 121 Å². The minimum Gasteiger partial charge on any atom is -0.456 e. The van der Waals surface area contributed by atoms with Crippen molar-refractivity contribution in [2.24, 2.45) is 0 Å². The van der Waals surface area contributed by atoms with E-state index >= 15 is 0 Å². The lowest BCUT2D eigenvalue weighted by molar-refractivity contribution is 0.669. The lowest BCUT2D eigenvalue weighted by Gasteiger charge is -2.27. The maximum atomic E-state index is 6.21. The number of hydrogen-bond donors (Lipinski definition) is 0. The van der Waals surface area contributed by atoms with Gasteiger partial charge in [0.2, 0.25) is 0 Å². The number of furan rings is 1. The summed E-state index contributed by atoms with van der Waals surface area (Å²) in [5.41, 5.74) is 7.45. The summed E-state index contributed by atoms with van der Waals surface area (Å²) in [5.74, 6) is 0. The average molecular weight is 612 g/mol. The summed E-state index contributed by atoms with van der Waals surface area (Å²) in [6.45, 7) is 0. The van der Waals surface area contributed by atoms with Gasteiger partial charge in [-0.15, -0.1) is 0 Å². The van der Waals surface area contributed by atoms with E-state index in [1.165, 1.54) is 43.1 Å². The highest BCUT2D eigenvalue weighted by Gasteiger charge is 2.16. The van der Waals surface area contributed by atoms with Gasteiger partial charge in [-0.2, -0.15) is 0 Å². The van der Waals surface area contributed by atoms with Crippen molar-refractivity contribution in [1.82, 2.24) is 0 Å². The van der Waals surface area contributed by atoms with Crippen LogP contribution in [0.25, 0.3) is 76.2 Å². The summed E-state index contributed by atoms with van der Waals surface area (Å²) in [6, 6.07) is 63.5. The van der Waals surface area contributed by atoms with Crippen molar-refractivity contribution in [1.29, 1.82) is 0 Å². The van der Waals surface area contributed by atoms with Crippen molar-refractivity contribution >= 4 is 82.1 Å². The first-order chi connectivity index (χ1) is 23.8. The lowest BCUT2D eigenvalue weighted by Crippen LogP contribution is -2.10. The molecule has 10 rings (SSSR count). The maximum Gasteiger partial charge on any atom is 0.136 e. The molecule has 0 fully saturated rings. The fourth-order valence-corrected chi connectivity index (χ4v) is 7.42. The zero-order valence-corrected chi connectivity index (χ0v) is 26.1. The summed E-state index contributed by atoms with van der Waals surface area (Å²) >= 11 is 0. The Labute approximate surface area is 277 Å². The smallest absolute Gasteiger partial charge is 0.136 e. The highest BCUT2D eigenvalue weighted by molar-refractivity contribution is 6.11. The van der Waals surface area contributed by atoms with E-state index in [1.54, 1.807) is 0 Å². The lowest BCUT2D eigenvalue weighted by atomic mass is 9.99. The summed E-state index contributed by atoms with van der Waals surface area (Å²) in [7, 11) is 0. The van der Waals surface area contributed by atoms with Crippen LogP contribution in [0.3, 0.4) is 0 Å². The van der Waals surface area contributed by atoms with Gasteiger partial charge >= 0.3 is 0 Å². The Kier molecular flexibility index (Phi) is 5.91. The molecule has 1 aromatic heterocycles. The monoisotopic (exact) mass is 611 g/mol. The van der Waals surface area contributed by atoms with Crippen LogP contribution in [0.15, 0.2) is 180 Å². The van der Waals surface area contributed by atoms with Crippen molar-refractivity contribution in [3.8, 4) is 11.1 Å². The largest absolute Gasteiger partial charge is 0.456 e. The predicted molar refractivity (Wildman–Crippen MR) is 204 cm³/mol. The fraction of sp³-hybridized carbons (Fsp3) is 0. The normalized spacial score (nSPS) is 11.8. The number of para-hydroxylation sites is 1. The van der Waals surface area contributed by atoms with Crippen molar-refractivity contribution in [2.75, 3.05) is 4.90 Å². The zero-order valence-electron chi connectivity index (χ0n) is 26.1. The molecule has 224 valence electrons. The highest BCUT2D eigenvalue weighted by atomic mass is 16.3. The van der Waals surface area contributed by atoms with Crippen molar-refractivity contribution < 1.29 is 4.42 Å². The molecule has 0 aliphatic rings. The summed E-state index contributed by atoms with van der Waals surface area (Å²) in [4.78, 5) is 2.38. The van der Waals surface area contributed by atoms with Gasteiger partial charge in [0.15, 0.2) is 0 Å². The first-order valence-corrected chi connectivity index (χ1v) is 16.4. The molecule has 0 saturated carbocycles. The van der Waals surface area contributed by atoms with Crippen LogP contribution in [0, 0.1) is 0 Å². The van der Waals surface area contributed by atoms with Gasteiger partial charge in [0.25, 0.3) is 0 Å². The average Bonchev–Trinajstić information content (AvgIpc) is 3.53. The van der Waals surface area contributed by atoms with Crippen LogP contribution in [-0.4, -0.2) is 0 Å². The second kappa shape index (κ2) is 10.6. The van der Waals surface area contributed by atoms with Crippen LogP contribution in [0.2, 0.25) is 0 Å². The summed E-state index contributed by atoms with van der Waals surface area (Å²) < 4.78 is 6.21. The minimum absolute atomic E-state index is 0.909. The third-order valence-corrected chi connectivity index (χ3v) is 9.81. The first-order valence-electron chi connectivity index (χ1n) is 16.4. The molecule has 0 aliphatic heterocycles. The van der Waals surface area contributed by atoms with E-state index in [-0.39, 0.29) is 0 Å². The van der Waals surface area contributed by atoms with Gasteiger partial charge in [-0.25, -0.2) is 0 Å². The predicted octanol–water partition coefficient (Wildman–Crippen LogP) is 13.3.